The summed E-state index contributed by atoms with van der Waals surface area (Å²) in [4.78, 5) is 10.3. The van der Waals surface area contributed by atoms with Crippen LogP contribution in [0.15, 0.2) is 28.2 Å². The summed E-state index contributed by atoms with van der Waals surface area (Å²) >= 11 is 11.8. The number of guanidine groups is 2. The van der Waals surface area contributed by atoms with Gasteiger partial charge in [-0.2, -0.15) is 4.99 Å². The van der Waals surface area contributed by atoms with Gasteiger partial charge in [-0.1, -0.05) is 23.2 Å². The molecule has 0 atom stereocenters. The van der Waals surface area contributed by atoms with Gasteiger partial charge in [-0.3, -0.25) is 0 Å². The van der Waals surface area contributed by atoms with E-state index in [1.54, 1.807) is 18.2 Å². The molecule has 0 spiro atoms. The van der Waals surface area contributed by atoms with Crippen LogP contribution in [0.25, 0.3) is 0 Å². The lowest BCUT2D eigenvalue weighted by Crippen LogP contribution is -2.41. The molecule has 1 aromatic carbocycles. The summed E-state index contributed by atoms with van der Waals surface area (Å²) in [7, 11) is 0. The quantitative estimate of drug-likeness (QED) is 0.571. The molecule has 4 N–H and O–H groups in total. The molecule has 1 heterocycles. The van der Waals surface area contributed by atoms with E-state index in [1.807, 2.05) is 4.90 Å². The zero-order valence-corrected chi connectivity index (χ0v) is 15.0. The van der Waals surface area contributed by atoms with Crippen LogP contribution in [-0.4, -0.2) is 29.9 Å². The fourth-order valence-electron chi connectivity index (χ4n) is 2.07. The van der Waals surface area contributed by atoms with Gasteiger partial charge in [-0.25, -0.2) is 4.99 Å². The molecule has 22 heavy (non-hydrogen) atoms. The van der Waals surface area contributed by atoms with Crippen molar-refractivity contribution in [2.45, 2.75) is 19.3 Å². The van der Waals surface area contributed by atoms with E-state index in [0.29, 0.717) is 21.7 Å². The monoisotopic (exact) mass is 385 g/mol. The maximum Gasteiger partial charge on any atom is 0.223 e. The van der Waals surface area contributed by atoms with E-state index in [9.17, 15) is 0 Å². The van der Waals surface area contributed by atoms with Crippen LogP contribution < -0.4 is 11.5 Å². The zero-order chi connectivity index (χ0) is 14.5. The molecule has 5 nitrogen and oxygen atoms in total. The molecule has 1 aromatic rings. The minimum absolute atomic E-state index is 0. The van der Waals surface area contributed by atoms with Crippen LogP contribution in [0.2, 0.25) is 10.0 Å². The van der Waals surface area contributed by atoms with E-state index in [1.165, 1.54) is 6.42 Å². The van der Waals surface area contributed by atoms with Crippen molar-refractivity contribution in [3.05, 3.63) is 28.2 Å². The lowest BCUT2D eigenvalue weighted by atomic mass is 10.1. The Bertz CT molecular complexity index is 521. The molecule has 0 bridgehead atoms. The number of benzene rings is 1. The lowest BCUT2D eigenvalue weighted by molar-refractivity contribution is 0.339. The van der Waals surface area contributed by atoms with Crippen molar-refractivity contribution in [2.24, 2.45) is 21.5 Å². The van der Waals surface area contributed by atoms with Crippen LogP contribution in [0.1, 0.15) is 19.3 Å². The first kappa shape index (κ1) is 21.1. The topological polar surface area (TPSA) is 80.0 Å². The van der Waals surface area contributed by atoms with Gasteiger partial charge in [0.15, 0.2) is 5.96 Å². The van der Waals surface area contributed by atoms with E-state index in [0.717, 1.165) is 25.9 Å². The Morgan fingerprint density at radius 1 is 0.955 bits per heavy atom. The smallest absolute Gasteiger partial charge is 0.223 e. The largest absolute Gasteiger partial charge is 0.369 e. The third kappa shape index (κ3) is 6.48. The Hall–Kier alpha value is -0.880. The van der Waals surface area contributed by atoms with Crippen molar-refractivity contribution in [1.29, 1.82) is 0 Å². The molecule has 1 fully saturated rings. The summed E-state index contributed by atoms with van der Waals surface area (Å²) in [5, 5.41) is 0.995. The molecule has 1 aliphatic rings. The van der Waals surface area contributed by atoms with Gasteiger partial charge in [0.1, 0.15) is 0 Å². The van der Waals surface area contributed by atoms with Crippen LogP contribution in [0.5, 0.6) is 0 Å². The molecule has 0 radical (unpaired) electrons. The first-order valence-corrected chi connectivity index (χ1v) is 7.19. The van der Waals surface area contributed by atoms with E-state index in [-0.39, 0.29) is 30.8 Å². The second-order valence-electron chi connectivity index (χ2n) is 4.62. The van der Waals surface area contributed by atoms with E-state index < -0.39 is 0 Å². The number of likely N-dealkylation sites (tertiary alicyclic amines) is 1. The van der Waals surface area contributed by atoms with Gasteiger partial charge in [0.2, 0.25) is 5.96 Å². The van der Waals surface area contributed by atoms with E-state index in [2.05, 4.69) is 9.98 Å². The molecular weight excluding hydrogens is 368 g/mol. The van der Waals surface area contributed by atoms with Gasteiger partial charge in [0, 0.05) is 23.1 Å². The highest BCUT2D eigenvalue weighted by molar-refractivity contribution is 6.35. The summed E-state index contributed by atoms with van der Waals surface area (Å²) < 4.78 is 0. The number of rotatable bonds is 1. The maximum absolute atomic E-state index is 5.93. The van der Waals surface area contributed by atoms with Crippen molar-refractivity contribution < 1.29 is 0 Å². The predicted molar refractivity (Wildman–Crippen MR) is 99.3 cm³/mol. The molecule has 0 unspecified atom stereocenters. The molecule has 1 saturated heterocycles. The third-order valence-electron chi connectivity index (χ3n) is 3.00. The standard InChI is InChI=1S/C13H17Cl2N5.2ClH/c14-9-6-10(15)8-11(7-9)18-12(16)19-13(17)20-4-2-1-3-5-20;;/h6-8H,1-5H2,(H4,16,17,18,19);2*1H. The predicted octanol–water partition coefficient (Wildman–Crippen LogP) is 3.58. The van der Waals surface area contributed by atoms with Crippen molar-refractivity contribution in [3.8, 4) is 0 Å². The fraction of sp³-hybridized carbons (Fsp3) is 0.385. The van der Waals surface area contributed by atoms with Crippen LogP contribution >= 0.6 is 48.0 Å². The summed E-state index contributed by atoms with van der Waals surface area (Å²) in [5.74, 6) is 0.491. The Kier molecular flexibility index (Phi) is 9.60. The summed E-state index contributed by atoms with van der Waals surface area (Å²) in [6.45, 7) is 1.82. The number of nitrogens with zero attached hydrogens (tertiary/aromatic N) is 3. The highest BCUT2D eigenvalue weighted by Crippen LogP contribution is 2.24. The lowest BCUT2D eigenvalue weighted by Gasteiger charge is -2.27. The fourth-order valence-corrected chi connectivity index (χ4v) is 2.59. The van der Waals surface area contributed by atoms with Crippen molar-refractivity contribution in [2.75, 3.05) is 13.1 Å². The number of piperidine rings is 1. The van der Waals surface area contributed by atoms with Crippen molar-refractivity contribution in [1.82, 2.24) is 4.90 Å². The Morgan fingerprint density at radius 3 is 2.05 bits per heavy atom. The Labute approximate surface area is 152 Å². The number of hydrogen-bond acceptors (Lipinski definition) is 1. The maximum atomic E-state index is 5.93. The molecule has 9 heteroatoms. The number of aliphatic imine (C=N–C) groups is 2. The van der Waals surface area contributed by atoms with Gasteiger partial charge < -0.3 is 16.4 Å². The molecule has 124 valence electrons. The SMILES string of the molecule is Cl.Cl.NC(=Nc1cc(Cl)cc(Cl)c1)/N=C(/N)N1CCCCC1. The summed E-state index contributed by atoms with van der Waals surface area (Å²) in [6.07, 6.45) is 3.47. The summed E-state index contributed by atoms with van der Waals surface area (Å²) in [5.41, 5.74) is 12.3. The normalized spacial score (nSPS) is 15.8. The third-order valence-corrected chi connectivity index (χ3v) is 3.44. The number of halogens is 4. The average Bonchev–Trinajstić information content (AvgIpc) is 2.38. The Balaban J connectivity index is 0.00000220. The van der Waals surface area contributed by atoms with E-state index >= 15 is 0 Å². The van der Waals surface area contributed by atoms with Gasteiger partial charge in [0.05, 0.1) is 5.69 Å². The van der Waals surface area contributed by atoms with Gasteiger partial charge >= 0.3 is 0 Å². The van der Waals surface area contributed by atoms with Gasteiger partial charge in [-0.05, 0) is 37.5 Å². The van der Waals surface area contributed by atoms with Crippen LogP contribution in [0.4, 0.5) is 5.69 Å². The molecule has 0 saturated carbocycles. The van der Waals surface area contributed by atoms with Crippen LogP contribution in [0.3, 0.4) is 0 Å². The first-order valence-electron chi connectivity index (χ1n) is 6.44. The second-order valence-corrected chi connectivity index (χ2v) is 5.49. The van der Waals surface area contributed by atoms with Crippen LogP contribution in [-0.2, 0) is 0 Å². The van der Waals surface area contributed by atoms with Crippen molar-refractivity contribution >= 4 is 65.6 Å². The highest BCUT2D eigenvalue weighted by atomic mass is 35.5. The van der Waals surface area contributed by atoms with Crippen molar-refractivity contribution in [3.63, 3.8) is 0 Å². The average molecular weight is 387 g/mol. The Morgan fingerprint density at radius 2 is 1.50 bits per heavy atom. The number of hydrogen-bond donors (Lipinski definition) is 2. The second kappa shape index (κ2) is 10.0. The molecule has 0 amide bonds. The highest BCUT2D eigenvalue weighted by Gasteiger charge is 2.12. The molecular formula is C13H19Cl4N5. The van der Waals surface area contributed by atoms with Crippen LogP contribution in [0, 0.1) is 0 Å². The minimum Gasteiger partial charge on any atom is -0.369 e. The molecule has 0 aromatic heterocycles. The minimum atomic E-state index is 0. The summed E-state index contributed by atoms with van der Waals surface area (Å²) in [6, 6.07) is 4.95. The van der Waals surface area contributed by atoms with Gasteiger partial charge in [-0.15, -0.1) is 24.8 Å². The molecule has 0 aliphatic carbocycles. The van der Waals surface area contributed by atoms with E-state index in [4.69, 9.17) is 34.7 Å². The van der Waals surface area contributed by atoms with Gasteiger partial charge in [0.25, 0.3) is 0 Å². The zero-order valence-electron chi connectivity index (χ0n) is 11.8. The molecule has 2 rings (SSSR count). The first-order chi connectivity index (χ1) is 9.54. The number of nitrogens with two attached hydrogens (primary N) is 2. The molecule has 1 aliphatic heterocycles.